The molecule has 2 aliphatic heterocycles. The Morgan fingerprint density at radius 3 is 2.64 bits per heavy atom. The second-order valence-electron chi connectivity index (χ2n) is 7.94. The number of carbonyl (C=O) groups excluding carboxylic acids is 1. The molecule has 1 saturated heterocycles. The van der Waals surface area contributed by atoms with Crippen LogP contribution in [0.1, 0.15) is 33.1 Å². The number of nitrogens with zero attached hydrogens (tertiary/aromatic N) is 2. The number of carbonyl (C=O) groups is 1. The molecule has 11 heteroatoms. The number of thioether (sulfide) groups is 1. The van der Waals surface area contributed by atoms with Gasteiger partial charge in [0.25, 0.3) is 0 Å². The Bertz CT molecular complexity index is 997. The van der Waals surface area contributed by atoms with Gasteiger partial charge in [-0.05, 0) is 25.7 Å². The molecule has 1 aromatic rings. The molecule has 3 rings (SSSR count). The van der Waals surface area contributed by atoms with Gasteiger partial charge in [-0.2, -0.15) is 8.70 Å². The Hall–Kier alpha value is -1.82. The molecular weight excluding hydrogens is 471 g/mol. The first-order valence-corrected chi connectivity index (χ1v) is 13.6. The Labute approximate surface area is 199 Å². The Balaban J connectivity index is 2.06. The van der Waals surface area contributed by atoms with Crippen LogP contribution < -0.4 is 9.64 Å². The lowest BCUT2D eigenvalue weighted by Gasteiger charge is -2.40. The number of fused-ring (bicyclic) bond motifs is 1. The lowest BCUT2D eigenvalue weighted by molar-refractivity contribution is -0.140. The van der Waals surface area contributed by atoms with Gasteiger partial charge < -0.3 is 19.1 Å². The Kier molecular flexibility index (Phi) is 8.65. The second kappa shape index (κ2) is 11.1. The molecular formula is C22H31FN2O6S2. The molecule has 1 atom stereocenters. The van der Waals surface area contributed by atoms with Crippen LogP contribution in [0.3, 0.4) is 0 Å². The van der Waals surface area contributed by atoms with E-state index in [4.69, 9.17) is 9.47 Å². The third-order valence-electron chi connectivity index (χ3n) is 5.85. The summed E-state index contributed by atoms with van der Waals surface area (Å²) in [5.74, 6) is -2.19. The Morgan fingerprint density at radius 1 is 1.33 bits per heavy atom. The fraction of sp³-hybridized carbons (Fsp3) is 0.591. The van der Waals surface area contributed by atoms with Crippen LogP contribution in [0.25, 0.3) is 0 Å². The van der Waals surface area contributed by atoms with Crippen LogP contribution in [0.15, 0.2) is 34.0 Å². The number of likely N-dealkylation sites (N-methyl/N-ethyl adjacent to an activating group) is 1. The van der Waals surface area contributed by atoms with Crippen molar-refractivity contribution in [2.45, 2.75) is 55.0 Å². The molecule has 0 aliphatic carbocycles. The van der Waals surface area contributed by atoms with Gasteiger partial charge in [0.1, 0.15) is 16.9 Å². The van der Waals surface area contributed by atoms with Crippen LogP contribution >= 0.6 is 11.8 Å². The normalized spacial score (nSPS) is 21.2. The number of ether oxygens (including phenoxy) is 3. The maximum Gasteiger partial charge on any atom is 0.370 e. The summed E-state index contributed by atoms with van der Waals surface area (Å²) in [6, 6.07) is 3.07. The number of halogens is 1. The summed E-state index contributed by atoms with van der Waals surface area (Å²) < 4.78 is 58.1. The zero-order valence-corrected chi connectivity index (χ0v) is 21.0. The monoisotopic (exact) mass is 502 g/mol. The zero-order valence-electron chi connectivity index (χ0n) is 19.4. The summed E-state index contributed by atoms with van der Waals surface area (Å²) in [6.07, 6.45) is 5.10. The third-order valence-corrected chi connectivity index (χ3v) is 8.54. The van der Waals surface area contributed by atoms with Crippen molar-refractivity contribution < 1.29 is 31.8 Å². The van der Waals surface area contributed by atoms with E-state index in [1.54, 1.807) is 20.0 Å². The standard InChI is InChI=1S/C22H31FN2O6S2/c1-5-7-8-15-11-25(16-12-29-13-16)18-9-20(32-4)19(10-21(18)33(27,28)24(15)3)31-14-17(23)22(26)30-6-2/h9-10,14-16H,5-8,11-13H2,1-4H3/b17-14-. The molecule has 0 aromatic heterocycles. The molecule has 0 amide bonds. The van der Waals surface area contributed by atoms with Crippen molar-refractivity contribution in [3.63, 3.8) is 0 Å². The van der Waals surface area contributed by atoms with Gasteiger partial charge in [-0.15, -0.1) is 11.8 Å². The van der Waals surface area contributed by atoms with Crippen LogP contribution in [0, 0.1) is 0 Å². The number of rotatable bonds is 9. The van der Waals surface area contributed by atoms with E-state index >= 15 is 0 Å². The first kappa shape index (κ1) is 25.8. The van der Waals surface area contributed by atoms with Gasteiger partial charge in [-0.25, -0.2) is 13.2 Å². The van der Waals surface area contributed by atoms with Gasteiger partial charge >= 0.3 is 5.97 Å². The van der Waals surface area contributed by atoms with E-state index < -0.39 is 21.8 Å². The maximum atomic E-state index is 14.0. The lowest BCUT2D eigenvalue weighted by Crippen LogP contribution is -2.53. The molecule has 2 aliphatic rings. The summed E-state index contributed by atoms with van der Waals surface area (Å²) in [4.78, 5) is 14.4. The van der Waals surface area contributed by atoms with Crippen molar-refractivity contribution in [2.75, 3.05) is 44.6 Å². The first-order chi connectivity index (χ1) is 15.7. The van der Waals surface area contributed by atoms with E-state index in [0.717, 1.165) is 19.3 Å². The van der Waals surface area contributed by atoms with E-state index in [2.05, 4.69) is 16.6 Å². The topological polar surface area (TPSA) is 85.4 Å². The highest BCUT2D eigenvalue weighted by Gasteiger charge is 2.40. The molecule has 0 saturated carbocycles. The largest absolute Gasteiger partial charge is 0.461 e. The third kappa shape index (κ3) is 5.47. The molecule has 1 unspecified atom stereocenters. The van der Waals surface area contributed by atoms with Crippen LogP contribution in [-0.2, 0) is 24.3 Å². The van der Waals surface area contributed by atoms with Crippen LogP contribution in [-0.4, -0.2) is 70.4 Å². The summed E-state index contributed by atoms with van der Waals surface area (Å²) in [7, 11) is -2.24. The predicted molar refractivity (Wildman–Crippen MR) is 125 cm³/mol. The number of anilines is 1. The Morgan fingerprint density at radius 2 is 2.06 bits per heavy atom. The van der Waals surface area contributed by atoms with E-state index in [9.17, 15) is 17.6 Å². The summed E-state index contributed by atoms with van der Waals surface area (Å²) in [5, 5.41) is 0. The molecule has 0 bridgehead atoms. The van der Waals surface area contributed by atoms with Gasteiger partial charge in [-0.1, -0.05) is 19.8 Å². The van der Waals surface area contributed by atoms with E-state index in [1.807, 2.05) is 6.26 Å². The lowest BCUT2D eigenvalue weighted by atomic mass is 10.1. The quantitative estimate of drug-likeness (QED) is 0.219. The molecule has 0 spiro atoms. The van der Waals surface area contributed by atoms with E-state index in [1.165, 1.54) is 22.1 Å². The molecule has 1 fully saturated rings. The average Bonchev–Trinajstić information content (AvgIpc) is 2.83. The van der Waals surface area contributed by atoms with Crippen molar-refractivity contribution >= 4 is 33.4 Å². The number of unbranched alkanes of at least 4 members (excludes halogenated alkanes) is 1. The van der Waals surface area contributed by atoms with E-state index in [-0.39, 0.29) is 29.3 Å². The minimum atomic E-state index is -3.84. The fourth-order valence-electron chi connectivity index (χ4n) is 3.83. The number of hydrogen-bond donors (Lipinski definition) is 0. The van der Waals surface area contributed by atoms with Crippen molar-refractivity contribution in [1.82, 2.24) is 4.31 Å². The van der Waals surface area contributed by atoms with Gasteiger partial charge in [0, 0.05) is 25.7 Å². The highest BCUT2D eigenvalue weighted by molar-refractivity contribution is 7.98. The highest BCUT2D eigenvalue weighted by Crippen LogP contribution is 2.42. The highest BCUT2D eigenvalue weighted by atomic mass is 32.2. The van der Waals surface area contributed by atoms with Gasteiger partial charge in [0.2, 0.25) is 15.9 Å². The average molecular weight is 503 g/mol. The van der Waals surface area contributed by atoms with E-state index in [0.29, 0.717) is 36.6 Å². The minimum absolute atomic E-state index is 0.0273. The summed E-state index contributed by atoms with van der Waals surface area (Å²) in [6.45, 7) is 5.29. The van der Waals surface area contributed by atoms with Crippen LogP contribution in [0.2, 0.25) is 0 Å². The molecule has 184 valence electrons. The fourth-order valence-corrected chi connectivity index (χ4v) is 5.94. The van der Waals surface area contributed by atoms with Crippen LogP contribution in [0.4, 0.5) is 10.1 Å². The molecule has 2 heterocycles. The molecule has 0 radical (unpaired) electrons. The summed E-state index contributed by atoms with van der Waals surface area (Å²) in [5.41, 5.74) is 0.584. The number of hydrogen-bond acceptors (Lipinski definition) is 8. The predicted octanol–water partition coefficient (Wildman–Crippen LogP) is 3.56. The summed E-state index contributed by atoms with van der Waals surface area (Å²) >= 11 is 1.34. The van der Waals surface area contributed by atoms with Crippen LogP contribution in [0.5, 0.6) is 5.75 Å². The first-order valence-electron chi connectivity index (χ1n) is 11.0. The van der Waals surface area contributed by atoms with Crippen molar-refractivity contribution in [3.05, 3.63) is 24.2 Å². The van der Waals surface area contributed by atoms with Gasteiger partial charge in [0.05, 0.1) is 36.4 Å². The van der Waals surface area contributed by atoms with Crippen molar-refractivity contribution in [2.24, 2.45) is 0 Å². The molecule has 0 N–H and O–H groups in total. The van der Waals surface area contributed by atoms with Gasteiger partial charge in [-0.3, -0.25) is 0 Å². The number of sulfonamides is 1. The van der Waals surface area contributed by atoms with Gasteiger partial charge in [0.15, 0.2) is 0 Å². The molecule has 1 aromatic carbocycles. The van der Waals surface area contributed by atoms with Crippen molar-refractivity contribution in [1.29, 1.82) is 0 Å². The van der Waals surface area contributed by atoms with Crippen molar-refractivity contribution in [3.8, 4) is 5.75 Å². The number of benzene rings is 1. The zero-order chi connectivity index (χ0) is 24.2. The molecule has 33 heavy (non-hydrogen) atoms. The second-order valence-corrected chi connectivity index (χ2v) is 10.7. The number of esters is 1. The minimum Gasteiger partial charge on any atom is -0.461 e. The maximum absolute atomic E-state index is 14.0. The SMILES string of the molecule is CCCCC1CN(C2COC2)c2cc(SC)c(O/C=C(\F)C(=O)OCC)cc2S(=O)(=O)N1C. The molecule has 8 nitrogen and oxygen atoms in total. The smallest absolute Gasteiger partial charge is 0.370 e.